The Balaban J connectivity index is 1.32. The summed E-state index contributed by atoms with van der Waals surface area (Å²) in [4.78, 5) is 3.23. The van der Waals surface area contributed by atoms with Gasteiger partial charge >= 0.3 is 0 Å². The zero-order chi connectivity index (χ0) is 31.5. The van der Waals surface area contributed by atoms with Gasteiger partial charge in [-0.15, -0.1) is 0 Å². The molecule has 3 nitrogen and oxygen atoms in total. The smallest absolute Gasteiger partial charge is 0.101 e. The molecular formula is C43H29N3. The average molecular weight is 588 g/mol. The number of nitrogens with zero attached hydrogens (tertiary/aromatic N) is 2. The van der Waals surface area contributed by atoms with Gasteiger partial charge in [0.15, 0.2) is 0 Å². The van der Waals surface area contributed by atoms with Crippen LogP contribution >= 0.6 is 0 Å². The van der Waals surface area contributed by atoms with Crippen LogP contribution in [-0.2, 0) is 6.42 Å². The van der Waals surface area contributed by atoms with E-state index in [0.29, 0.717) is 17.6 Å². The number of benzene rings is 6. The molecule has 0 fully saturated rings. The van der Waals surface area contributed by atoms with Gasteiger partial charge in [0.05, 0.1) is 11.6 Å². The molecule has 0 unspecified atom stereocenters. The molecule has 46 heavy (non-hydrogen) atoms. The second kappa shape index (κ2) is 12.3. The largest absolute Gasteiger partial charge is 0.360 e. The van der Waals surface area contributed by atoms with E-state index in [-0.39, 0.29) is 0 Å². The third-order valence-corrected chi connectivity index (χ3v) is 8.58. The van der Waals surface area contributed by atoms with E-state index in [4.69, 9.17) is 0 Å². The van der Waals surface area contributed by atoms with Crippen LogP contribution in [0.2, 0.25) is 0 Å². The first-order valence-corrected chi connectivity index (χ1v) is 15.2. The quantitative estimate of drug-likeness (QED) is 0.149. The molecule has 0 aliphatic rings. The molecule has 0 saturated heterocycles. The summed E-state index contributed by atoms with van der Waals surface area (Å²) in [5.74, 6) is 0. The lowest BCUT2D eigenvalue weighted by Gasteiger charge is -2.16. The van der Waals surface area contributed by atoms with Gasteiger partial charge in [-0.1, -0.05) is 134 Å². The predicted molar refractivity (Wildman–Crippen MR) is 190 cm³/mol. The Morgan fingerprint density at radius 2 is 1.15 bits per heavy atom. The van der Waals surface area contributed by atoms with Crippen molar-refractivity contribution in [3.63, 3.8) is 0 Å². The summed E-state index contributed by atoms with van der Waals surface area (Å²) in [7, 11) is 0. The summed E-state index contributed by atoms with van der Waals surface area (Å²) in [5, 5.41) is 23.3. The Bertz CT molecular complexity index is 2390. The summed E-state index contributed by atoms with van der Waals surface area (Å²) in [6.45, 7) is 3.73. The monoisotopic (exact) mass is 587 g/mol. The minimum absolute atomic E-state index is 0.584. The van der Waals surface area contributed by atoms with Gasteiger partial charge in [0.25, 0.3) is 0 Å². The molecular weight excluding hydrogens is 558 g/mol. The molecule has 0 spiro atoms. The molecule has 3 heteroatoms. The fourth-order valence-corrected chi connectivity index (χ4v) is 6.32. The van der Waals surface area contributed by atoms with E-state index in [9.17, 15) is 10.5 Å². The molecule has 216 valence electrons. The lowest BCUT2D eigenvalue weighted by molar-refractivity contribution is 1.26. The maximum Gasteiger partial charge on any atom is 0.101 e. The number of fused-ring (bicyclic) bond motifs is 2. The highest BCUT2D eigenvalue weighted by Crippen LogP contribution is 2.41. The normalized spacial score (nSPS) is 11.3. The number of aromatic amines is 1. The third kappa shape index (κ3) is 5.28. The second-order valence-corrected chi connectivity index (χ2v) is 11.3. The molecule has 7 aromatic rings. The molecule has 1 N–H and O–H groups in total. The maximum absolute atomic E-state index is 9.29. The lowest BCUT2D eigenvalue weighted by Crippen LogP contribution is -1.90. The number of nitrogens with one attached hydrogen (secondary N) is 1. The van der Waals surface area contributed by atoms with Crippen LogP contribution < -0.4 is 0 Å². The van der Waals surface area contributed by atoms with E-state index in [1.54, 1.807) is 12.3 Å². The van der Waals surface area contributed by atoms with Crippen molar-refractivity contribution in [1.82, 2.24) is 4.98 Å². The molecule has 0 amide bonds. The fraction of sp³-hybridized carbons (Fsp3) is 0.0233. The minimum atomic E-state index is 0.584. The van der Waals surface area contributed by atoms with Crippen LogP contribution in [-0.4, -0.2) is 4.98 Å². The zero-order valence-corrected chi connectivity index (χ0v) is 25.2. The topological polar surface area (TPSA) is 63.4 Å². The van der Waals surface area contributed by atoms with Crippen molar-refractivity contribution in [2.45, 2.75) is 6.42 Å². The molecule has 0 aliphatic heterocycles. The van der Waals surface area contributed by atoms with Crippen LogP contribution in [0.15, 0.2) is 158 Å². The van der Waals surface area contributed by atoms with Crippen molar-refractivity contribution < 1.29 is 0 Å². The van der Waals surface area contributed by atoms with Crippen molar-refractivity contribution in [1.29, 1.82) is 10.5 Å². The maximum atomic E-state index is 9.29. The van der Waals surface area contributed by atoms with Gasteiger partial charge < -0.3 is 4.98 Å². The van der Waals surface area contributed by atoms with Crippen molar-refractivity contribution in [2.75, 3.05) is 0 Å². The summed E-state index contributed by atoms with van der Waals surface area (Å²) >= 11 is 0. The van der Waals surface area contributed by atoms with Crippen LogP contribution in [0.5, 0.6) is 0 Å². The van der Waals surface area contributed by atoms with Gasteiger partial charge in [0.2, 0.25) is 0 Å². The summed E-state index contributed by atoms with van der Waals surface area (Å²) in [6, 6.07) is 49.5. The van der Waals surface area contributed by atoms with Crippen molar-refractivity contribution in [3.8, 4) is 56.8 Å². The van der Waals surface area contributed by atoms with Gasteiger partial charge in [0, 0.05) is 17.5 Å². The number of rotatable bonds is 7. The van der Waals surface area contributed by atoms with Crippen LogP contribution in [0.25, 0.3) is 66.2 Å². The van der Waals surface area contributed by atoms with E-state index in [1.807, 2.05) is 12.1 Å². The van der Waals surface area contributed by atoms with Gasteiger partial charge in [-0.25, -0.2) is 0 Å². The van der Waals surface area contributed by atoms with Crippen molar-refractivity contribution >= 4 is 21.5 Å². The van der Waals surface area contributed by atoms with Gasteiger partial charge in [0.1, 0.15) is 6.07 Å². The lowest BCUT2D eigenvalue weighted by atomic mass is 9.87. The average Bonchev–Trinajstić information content (AvgIpc) is 3.61. The van der Waals surface area contributed by atoms with Crippen LogP contribution in [0.4, 0.5) is 0 Å². The van der Waals surface area contributed by atoms with Crippen molar-refractivity contribution in [2.24, 2.45) is 0 Å². The van der Waals surface area contributed by atoms with E-state index in [0.717, 1.165) is 33.5 Å². The summed E-state index contributed by atoms with van der Waals surface area (Å²) in [6.07, 6.45) is 5.93. The Morgan fingerprint density at radius 3 is 1.72 bits per heavy atom. The minimum Gasteiger partial charge on any atom is -0.360 e. The van der Waals surface area contributed by atoms with Gasteiger partial charge in [-0.3, -0.25) is 0 Å². The highest BCUT2D eigenvalue weighted by molar-refractivity contribution is 6.12. The van der Waals surface area contributed by atoms with Crippen LogP contribution in [0, 0.1) is 22.7 Å². The zero-order valence-electron chi connectivity index (χ0n) is 25.2. The Morgan fingerprint density at radius 1 is 0.609 bits per heavy atom. The van der Waals surface area contributed by atoms with Crippen molar-refractivity contribution in [3.05, 3.63) is 169 Å². The fourth-order valence-electron chi connectivity index (χ4n) is 6.32. The molecule has 0 aliphatic carbocycles. The molecule has 7 rings (SSSR count). The first-order valence-electron chi connectivity index (χ1n) is 15.2. The molecule has 0 saturated carbocycles. The van der Waals surface area contributed by atoms with Gasteiger partial charge in [-0.05, 0) is 84.6 Å². The predicted octanol–water partition coefficient (Wildman–Crippen LogP) is 11.0. The number of nitriles is 2. The van der Waals surface area contributed by atoms with Crippen LogP contribution in [0.1, 0.15) is 11.1 Å². The van der Waals surface area contributed by atoms with Crippen LogP contribution in [0.3, 0.4) is 0 Å². The number of aromatic nitrogens is 1. The summed E-state index contributed by atoms with van der Waals surface area (Å²) in [5.41, 5.74) is 11.3. The van der Waals surface area contributed by atoms with E-state index in [2.05, 4.69) is 145 Å². The van der Waals surface area contributed by atoms with E-state index >= 15 is 0 Å². The Kier molecular flexibility index (Phi) is 7.58. The standard InChI is InChI=1S/C43H29N3/c1-2-29(26-44)17-18-30-9-7-10-32(23-30)35-19-21-41(39-15-5-3-13-37(35)39)42-22-20-36(38-14-4-6-16-40(38)42)33-11-8-12-34(25-33)43-24-31(27-45)28-46-43/h2-17,19-25,28,46H,1,18H2/b29-17+. The molecule has 0 bridgehead atoms. The highest BCUT2D eigenvalue weighted by atomic mass is 14.7. The molecule has 0 atom stereocenters. The number of hydrogen-bond acceptors (Lipinski definition) is 2. The van der Waals surface area contributed by atoms with E-state index < -0.39 is 0 Å². The Labute approximate surface area is 268 Å². The third-order valence-electron chi connectivity index (χ3n) is 8.58. The highest BCUT2D eigenvalue weighted by Gasteiger charge is 2.15. The first kappa shape index (κ1) is 28.4. The molecule has 1 aromatic heterocycles. The van der Waals surface area contributed by atoms with Gasteiger partial charge in [-0.2, -0.15) is 10.5 Å². The number of hydrogen-bond donors (Lipinski definition) is 1. The summed E-state index contributed by atoms with van der Waals surface area (Å²) < 4.78 is 0. The SMILES string of the molecule is C=C/C(C#N)=C\Cc1cccc(-c2ccc(-c3ccc(-c4cccc(-c5cc(C#N)c[nH]5)c4)c4ccccc34)c3ccccc23)c1. The number of allylic oxidation sites excluding steroid dienone is 3. The Hall–Kier alpha value is -6.42. The number of H-pyrrole nitrogens is 1. The van der Waals surface area contributed by atoms with E-state index in [1.165, 1.54) is 38.2 Å². The molecule has 0 radical (unpaired) electrons. The molecule has 6 aromatic carbocycles. The first-order chi connectivity index (χ1) is 22.7. The second-order valence-electron chi connectivity index (χ2n) is 11.3. The molecule has 1 heterocycles.